The molecule has 0 bridgehead atoms. The molecule has 1 aromatic rings. The standard InChI is InChI=1S/C21H32O4/c1-6-7-8-9-10-12-17-13-11-14-18(24-20(22)15(2)3)19(17)25-21(23)16(4)5/h11,13-16H,6-10,12H2,1-5H3. The van der Waals surface area contributed by atoms with Crippen molar-refractivity contribution in [1.82, 2.24) is 0 Å². The first kappa shape index (κ1) is 21.2. The SMILES string of the molecule is CCCCCCCc1cccc(OC(=O)C(C)C)c1OC(=O)C(C)C. The molecule has 1 aromatic carbocycles. The summed E-state index contributed by atoms with van der Waals surface area (Å²) in [5.74, 6) is -0.413. The summed E-state index contributed by atoms with van der Waals surface area (Å²) in [5.41, 5.74) is 0.916. The minimum absolute atomic E-state index is 0.244. The van der Waals surface area contributed by atoms with Crippen LogP contribution in [0, 0.1) is 11.8 Å². The van der Waals surface area contributed by atoms with E-state index in [1.165, 1.54) is 19.3 Å². The Morgan fingerprint density at radius 1 is 0.880 bits per heavy atom. The van der Waals surface area contributed by atoms with Crippen molar-refractivity contribution in [3.63, 3.8) is 0 Å². The van der Waals surface area contributed by atoms with Crippen LogP contribution in [-0.4, -0.2) is 11.9 Å². The van der Waals surface area contributed by atoms with Gasteiger partial charge in [0.25, 0.3) is 0 Å². The molecular weight excluding hydrogens is 316 g/mol. The van der Waals surface area contributed by atoms with Crippen LogP contribution in [0.3, 0.4) is 0 Å². The third-order valence-corrected chi connectivity index (χ3v) is 3.97. The molecule has 0 aromatic heterocycles. The summed E-state index contributed by atoms with van der Waals surface area (Å²) in [6.07, 6.45) is 6.62. The van der Waals surface area contributed by atoms with Crippen LogP contribution in [0.25, 0.3) is 0 Å². The second kappa shape index (κ2) is 10.9. The lowest BCUT2D eigenvalue weighted by atomic mass is 10.0. The van der Waals surface area contributed by atoms with E-state index in [0.717, 1.165) is 24.8 Å². The molecule has 0 aliphatic heterocycles. The van der Waals surface area contributed by atoms with E-state index >= 15 is 0 Å². The zero-order valence-corrected chi connectivity index (χ0v) is 16.3. The first-order valence-corrected chi connectivity index (χ1v) is 9.42. The van der Waals surface area contributed by atoms with Gasteiger partial charge in [-0.25, -0.2) is 0 Å². The second-order valence-corrected chi connectivity index (χ2v) is 7.06. The Balaban J connectivity index is 2.96. The van der Waals surface area contributed by atoms with Crippen LogP contribution in [-0.2, 0) is 16.0 Å². The van der Waals surface area contributed by atoms with Gasteiger partial charge in [-0.1, -0.05) is 72.4 Å². The number of ether oxygens (including phenoxy) is 2. The highest BCUT2D eigenvalue weighted by atomic mass is 16.6. The maximum atomic E-state index is 12.1. The number of esters is 2. The predicted octanol–water partition coefficient (Wildman–Crippen LogP) is 5.32. The van der Waals surface area contributed by atoms with Gasteiger partial charge in [0.1, 0.15) is 0 Å². The summed E-state index contributed by atoms with van der Waals surface area (Å²) < 4.78 is 11.0. The molecule has 0 amide bonds. The minimum atomic E-state index is -0.332. The highest BCUT2D eigenvalue weighted by Gasteiger charge is 2.20. The number of hydrogen-bond acceptors (Lipinski definition) is 4. The van der Waals surface area contributed by atoms with Gasteiger partial charge in [-0.3, -0.25) is 9.59 Å². The van der Waals surface area contributed by atoms with E-state index in [0.29, 0.717) is 11.5 Å². The fraction of sp³-hybridized carbons (Fsp3) is 0.619. The first-order valence-electron chi connectivity index (χ1n) is 9.42. The van der Waals surface area contributed by atoms with E-state index < -0.39 is 0 Å². The summed E-state index contributed by atoms with van der Waals surface area (Å²) in [4.78, 5) is 24.1. The molecule has 1 rings (SSSR count). The van der Waals surface area contributed by atoms with Crippen LogP contribution in [0.15, 0.2) is 18.2 Å². The van der Waals surface area contributed by atoms with E-state index in [2.05, 4.69) is 6.92 Å². The molecule has 0 radical (unpaired) electrons. The van der Waals surface area contributed by atoms with Crippen LogP contribution in [0.5, 0.6) is 11.5 Å². The Morgan fingerprint density at radius 3 is 2.08 bits per heavy atom. The zero-order chi connectivity index (χ0) is 18.8. The number of rotatable bonds is 10. The smallest absolute Gasteiger partial charge is 0.313 e. The van der Waals surface area contributed by atoms with Crippen molar-refractivity contribution in [2.75, 3.05) is 0 Å². The van der Waals surface area contributed by atoms with E-state index in [4.69, 9.17) is 9.47 Å². The number of unbranched alkanes of at least 4 members (excludes halogenated alkanes) is 4. The first-order chi connectivity index (χ1) is 11.9. The molecule has 0 saturated carbocycles. The van der Waals surface area contributed by atoms with Crippen molar-refractivity contribution in [2.24, 2.45) is 11.8 Å². The van der Waals surface area contributed by atoms with Crippen molar-refractivity contribution in [3.8, 4) is 11.5 Å². The van der Waals surface area contributed by atoms with Gasteiger partial charge in [-0.05, 0) is 24.5 Å². The van der Waals surface area contributed by atoms with E-state index in [1.54, 1.807) is 33.8 Å². The van der Waals surface area contributed by atoms with E-state index in [-0.39, 0.29) is 23.8 Å². The molecule has 140 valence electrons. The Labute approximate surface area is 151 Å². The molecule has 25 heavy (non-hydrogen) atoms. The summed E-state index contributed by atoms with van der Waals surface area (Å²) in [6.45, 7) is 9.32. The van der Waals surface area contributed by atoms with Crippen LogP contribution in [0.2, 0.25) is 0 Å². The normalized spacial score (nSPS) is 11.0. The maximum Gasteiger partial charge on any atom is 0.313 e. The van der Waals surface area contributed by atoms with Crippen LogP contribution in [0.4, 0.5) is 0 Å². The van der Waals surface area contributed by atoms with Crippen molar-refractivity contribution in [3.05, 3.63) is 23.8 Å². The molecule has 0 N–H and O–H groups in total. The number of carbonyl (C=O) groups is 2. The number of benzene rings is 1. The maximum absolute atomic E-state index is 12.1. The van der Waals surface area contributed by atoms with E-state index in [9.17, 15) is 9.59 Å². The molecule has 0 fully saturated rings. The van der Waals surface area contributed by atoms with Gasteiger partial charge in [0.2, 0.25) is 0 Å². The molecule has 0 aliphatic carbocycles. The third-order valence-electron chi connectivity index (χ3n) is 3.97. The summed E-state index contributed by atoms with van der Waals surface area (Å²) >= 11 is 0. The predicted molar refractivity (Wildman–Crippen MR) is 99.9 cm³/mol. The van der Waals surface area contributed by atoms with Gasteiger partial charge >= 0.3 is 11.9 Å². The van der Waals surface area contributed by atoms with Crippen molar-refractivity contribution >= 4 is 11.9 Å². The average molecular weight is 348 g/mol. The molecule has 0 spiro atoms. The van der Waals surface area contributed by atoms with Crippen LogP contribution in [0.1, 0.15) is 72.3 Å². The topological polar surface area (TPSA) is 52.6 Å². The van der Waals surface area contributed by atoms with Gasteiger partial charge in [-0.15, -0.1) is 0 Å². The quantitative estimate of drug-likeness (QED) is 0.326. The molecule has 0 aliphatic rings. The Bertz CT molecular complexity index is 561. The molecule has 0 heterocycles. The lowest BCUT2D eigenvalue weighted by Gasteiger charge is -2.16. The number of carbonyl (C=O) groups excluding carboxylic acids is 2. The fourth-order valence-corrected chi connectivity index (χ4v) is 2.32. The molecule has 4 nitrogen and oxygen atoms in total. The molecular formula is C21H32O4. The Kier molecular flexibility index (Phi) is 9.25. The van der Waals surface area contributed by atoms with Crippen molar-refractivity contribution in [1.29, 1.82) is 0 Å². The zero-order valence-electron chi connectivity index (χ0n) is 16.3. The highest BCUT2D eigenvalue weighted by molar-refractivity contribution is 5.78. The van der Waals surface area contributed by atoms with Crippen molar-refractivity contribution in [2.45, 2.75) is 73.1 Å². The molecule has 0 atom stereocenters. The average Bonchev–Trinajstić information content (AvgIpc) is 2.56. The number of aryl methyl sites for hydroxylation is 1. The third kappa shape index (κ3) is 7.29. The second-order valence-electron chi connectivity index (χ2n) is 7.06. The molecule has 0 unspecified atom stereocenters. The van der Waals surface area contributed by atoms with Crippen LogP contribution < -0.4 is 9.47 Å². The van der Waals surface area contributed by atoms with Gasteiger partial charge < -0.3 is 9.47 Å². The lowest BCUT2D eigenvalue weighted by molar-refractivity contribution is -0.140. The highest BCUT2D eigenvalue weighted by Crippen LogP contribution is 2.33. The summed E-state index contributed by atoms with van der Waals surface area (Å²) in [5, 5.41) is 0. The summed E-state index contributed by atoms with van der Waals surface area (Å²) in [7, 11) is 0. The largest absolute Gasteiger partial charge is 0.422 e. The Hall–Kier alpha value is -1.84. The molecule has 0 saturated heterocycles. The van der Waals surface area contributed by atoms with E-state index in [1.807, 2.05) is 12.1 Å². The van der Waals surface area contributed by atoms with Gasteiger partial charge in [-0.2, -0.15) is 0 Å². The fourth-order valence-electron chi connectivity index (χ4n) is 2.32. The minimum Gasteiger partial charge on any atom is -0.422 e. The number of hydrogen-bond donors (Lipinski definition) is 0. The monoisotopic (exact) mass is 348 g/mol. The van der Waals surface area contributed by atoms with Gasteiger partial charge in [0.05, 0.1) is 11.8 Å². The van der Waals surface area contributed by atoms with Crippen molar-refractivity contribution < 1.29 is 19.1 Å². The number of para-hydroxylation sites is 1. The molecule has 4 heteroatoms. The Morgan fingerprint density at radius 2 is 1.48 bits per heavy atom. The van der Waals surface area contributed by atoms with Gasteiger partial charge in [0, 0.05) is 0 Å². The summed E-state index contributed by atoms with van der Waals surface area (Å²) in [6, 6.07) is 5.47. The lowest BCUT2D eigenvalue weighted by Crippen LogP contribution is -2.19. The van der Waals surface area contributed by atoms with Crippen LogP contribution >= 0.6 is 0 Å². The van der Waals surface area contributed by atoms with Gasteiger partial charge in [0.15, 0.2) is 11.5 Å².